The highest BCUT2D eigenvalue weighted by Gasteiger charge is 2.20. The highest BCUT2D eigenvalue weighted by Crippen LogP contribution is 2.22. The van der Waals surface area contributed by atoms with E-state index in [1.165, 1.54) is 12.8 Å². The molecule has 3 nitrogen and oxygen atoms in total. The van der Waals surface area contributed by atoms with Gasteiger partial charge in [0.05, 0.1) is 24.3 Å². The zero-order chi connectivity index (χ0) is 13.5. The Morgan fingerprint density at radius 3 is 2.79 bits per heavy atom. The van der Waals surface area contributed by atoms with Crippen LogP contribution in [0.2, 0.25) is 0 Å². The Morgan fingerprint density at radius 2 is 2.11 bits per heavy atom. The molecule has 1 aliphatic carbocycles. The van der Waals surface area contributed by atoms with Crippen LogP contribution in [0.25, 0.3) is 0 Å². The molecule has 0 bridgehead atoms. The van der Waals surface area contributed by atoms with Crippen LogP contribution in [0.4, 0.5) is 0 Å². The van der Waals surface area contributed by atoms with Crippen molar-refractivity contribution in [3.05, 3.63) is 35.4 Å². The normalized spacial score (nSPS) is 22.9. The molecule has 0 radical (unpaired) electrons. The second-order valence-electron chi connectivity index (χ2n) is 5.15. The molecule has 0 unspecified atom stereocenters. The molecule has 1 aromatic carbocycles. The number of rotatable bonds is 5. The summed E-state index contributed by atoms with van der Waals surface area (Å²) in [6.07, 6.45) is 5.05. The van der Waals surface area contributed by atoms with E-state index < -0.39 is 0 Å². The molecular weight excluding hydrogens is 236 g/mol. The molecule has 1 saturated carbocycles. The summed E-state index contributed by atoms with van der Waals surface area (Å²) < 4.78 is 5.96. The molecule has 0 spiro atoms. The van der Waals surface area contributed by atoms with Gasteiger partial charge >= 0.3 is 0 Å². The van der Waals surface area contributed by atoms with Crippen LogP contribution in [0.3, 0.4) is 0 Å². The van der Waals surface area contributed by atoms with E-state index in [0.29, 0.717) is 24.3 Å². The van der Waals surface area contributed by atoms with Gasteiger partial charge in [0.2, 0.25) is 0 Å². The van der Waals surface area contributed by atoms with Crippen LogP contribution < -0.4 is 5.32 Å². The molecule has 0 heterocycles. The summed E-state index contributed by atoms with van der Waals surface area (Å²) in [6.45, 7) is 3.83. The molecule has 3 heteroatoms. The minimum absolute atomic E-state index is 0.376. The van der Waals surface area contributed by atoms with E-state index in [-0.39, 0.29) is 0 Å². The van der Waals surface area contributed by atoms with Gasteiger partial charge in [-0.15, -0.1) is 0 Å². The second kappa shape index (κ2) is 7.28. The quantitative estimate of drug-likeness (QED) is 0.883. The van der Waals surface area contributed by atoms with E-state index in [4.69, 9.17) is 10.00 Å². The van der Waals surface area contributed by atoms with Crippen LogP contribution >= 0.6 is 0 Å². The van der Waals surface area contributed by atoms with Gasteiger partial charge in [-0.1, -0.05) is 19.1 Å². The molecule has 1 aromatic rings. The Bertz CT molecular complexity index is 431. The van der Waals surface area contributed by atoms with E-state index in [9.17, 15) is 0 Å². The first-order valence-electron chi connectivity index (χ1n) is 7.16. The molecular formula is C16H22N2O. The summed E-state index contributed by atoms with van der Waals surface area (Å²) in [5.74, 6) is 0. The van der Waals surface area contributed by atoms with Crippen molar-refractivity contribution in [2.45, 2.75) is 51.4 Å². The predicted molar refractivity (Wildman–Crippen MR) is 75.7 cm³/mol. The zero-order valence-corrected chi connectivity index (χ0v) is 11.6. The van der Waals surface area contributed by atoms with E-state index in [1.54, 1.807) is 0 Å². The van der Waals surface area contributed by atoms with Gasteiger partial charge in [0.15, 0.2) is 0 Å². The summed E-state index contributed by atoms with van der Waals surface area (Å²) in [5.41, 5.74) is 1.80. The number of hydrogen-bond donors (Lipinski definition) is 1. The predicted octanol–water partition coefficient (Wildman–Crippen LogP) is 3.00. The van der Waals surface area contributed by atoms with Crippen molar-refractivity contribution >= 4 is 0 Å². The number of hydrogen-bond acceptors (Lipinski definition) is 3. The van der Waals surface area contributed by atoms with Crippen LogP contribution in [0.5, 0.6) is 0 Å². The Morgan fingerprint density at radius 1 is 1.32 bits per heavy atom. The van der Waals surface area contributed by atoms with Gasteiger partial charge in [0.1, 0.15) is 0 Å². The SMILES string of the molecule is CCNC1CCC(OCc2cccc(C#N)c2)CC1. The monoisotopic (exact) mass is 258 g/mol. The molecule has 0 saturated heterocycles. The van der Waals surface area contributed by atoms with Crippen molar-refractivity contribution < 1.29 is 4.74 Å². The molecule has 0 amide bonds. The standard InChI is InChI=1S/C16H22N2O/c1-2-18-15-6-8-16(9-7-15)19-12-14-5-3-4-13(10-14)11-17/h3-5,10,15-16,18H,2,6-9,12H2,1H3. The molecule has 2 rings (SSSR count). The average molecular weight is 258 g/mol. The third kappa shape index (κ3) is 4.34. The summed E-state index contributed by atoms with van der Waals surface area (Å²) >= 11 is 0. The smallest absolute Gasteiger partial charge is 0.0991 e. The van der Waals surface area contributed by atoms with Crippen LogP contribution in [0.15, 0.2) is 24.3 Å². The highest BCUT2D eigenvalue weighted by molar-refractivity contribution is 5.32. The van der Waals surface area contributed by atoms with Gasteiger partial charge in [0, 0.05) is 6.04 Å². The fraction of sp³-hybridized carbons (Fsp3) is 0.562. The number of ether oxygens (including phenoxy) is 1. The molecule has 1 aliphatic rings. The van der Waals surface area contributed by atoms with E-state index in [1.807, 2.05) is 24.3 Å². The van der Waals surface area contributed by atoms with Crippen molar-refractivity contribution in [1.82, 2.24) is 5.32 Å². The van der Waals surface area contributed by atoms with Crippen LogP contribution in [0, 0.1) is 11.3 Å². The number of nitrogens with zero attached hydrogens (tertiary/aromatic N) is 1. The number of nitrogens with one attached hydrogen (secondary N) is 1. The molecule has 1 N–H and O–H groups in total. The van der Waals surface area contributed by atoms with Crippen molar-refractivity contribution in [2.75, 3.05) is 6.54 Å². The Kier molecular flexibility index (Phi) is 5.38. The summed E-state index contributed by atoms with van der Waals surface area (Å²) in [7, 11) is 0. The lowest BCUT2D eigenvalue weighted by atomic mass is 9.93. The largest absolute Gasteiger partial charge is 0.374 e. The average Bonchev–Trinajstić information content (AvgIpc) is 2.47. The molecule has 0 aliphatic heterocycles. The van der Waals surface area contributed by atoms with Gasteiger partial charge in [0.25, 0.3) is 0 Å². The Hall–Kier alpha value is -1.37. The lowest BCUT2D eigenvalue weighted by molar-refractivity contribution is 0.0114. The third-order valence-electron chi connectivity index (χ3n) is 3.71. The molecule has 0 aromatic heterocycles. The minimum atomic E-state index is 0.376. The van der Waals surface area contributed by atoms with Crippen molar-refractivity contribution in [2.24, 2.45) is 0 Å². The zero-order valence-electron chi connectivity index (χ0n) is 11.6. The first-order valence-corrected chi connectivity index (χ1v) is 7.16. The molecule has 0 atom stereocenters. The Labute approximate surface area is 115 Å². The van der Waals surface area contributed by atoms with Gasteiger partial charge in [-0.25, -0.2) is 0 Å². The molecule has 1 fully saturated rings. The van der Waals surface area contributed by atoms with Gasteiger partial charge in [-0.2, -0.15) is 5.26 Å². The van der Waals surface area contributed by atoms with Crippen LogP contribution in [-0.4, -0.2) is 18.7 Å². The maximum atomic E-state index is 8.86. The third-order valence-corrected chi connectivity index (χ3v) is 3.71. The minimum Gasteiger partial charge on any atom is -0.374 e. The molecule has 19 heavy (non-hydrogen) atoms. The fourth-order valence-corrected chi connectivity index (χ4v) is 2.67. The van der Waals surface area contributed by atoms with E-state index in [2.05, 4.69) is 18.3 Å². The number of benzene rings is 1. The number of nitriles is 1. The summed E-state index contributed by atoms with van der Waals surface area (Å²) in [5, 5.41) is 12.4. The second-order valence-corrected chi connectivity index (χ2v) is 5.15. The lowest BCUT2D eigenvalue weighted by Crippen LogP contribution is -2.35. The topological polar surface area (TPSA) is 45.0 Å². The lowest BCUT2D eigenvalue weighted by Gasteiger charge is -2.29. The van der Waals surface area contributed by atoms with Gasteiger partial charge in [-0.05, 0) is 49.9 Å². The summed E-state index contributed by atoms with van der Waals surface area (Å²) in [6, 6.07) is 10.5. The van der Waals surface area contributed by atoms with E-state index in [0.717, 1.165) is 24.9 Å². The Balaban J connectivity index is 1.76. The van der Waals surface area contributed by atoms with Crippen LogP contribution in [-0.2, 0) is 11.3 Å². The van der Waals surface area contributed by atoms with Gasteiger partial charge in [-0.3, -0.25) is 0 Å². The van der Waals surface area contributed by atoms with Crippen molar-refractivity contribution in [3.8, 4) is 6.07 Å². The highest BCUT2D eigenvalue weighted by atomic mass is 16.5. The maximum Gasteiger partial charge on any atom is 0.0991 e. The van der Waals surface area contributed by atoms with E-state index >= 15 is 0 Å². The van der Waals surface area contributed by atoms with Gasteiger partial charge < -0.3 is 10.1 Å². The maximum absolute atomic E-state index is 8.86. The molecule has 102 valence electrons. The van der Waals surface area contributed by atoms with Crippen molar-refractivity contribution in [3.63, 3.8) is 0 Å². The first kappa shape index (κ1) is 14.0. The first-order chi connectivity index (χ1) is 9.31. The van der Waals surface area contributed by atoms with Crippen LogP contribution in [0.1, 0.15) is 43.7 Å². The summed E-state index contributed by atoms with van der Waals surface area (Å²) in [4.78, 5) is 0. The van der Waals surface area contributed by atoms with Crippen molar-refractivity contribution in [1.29, 1.82) is 5.26 Å². The fourth-order valence-electron chi connectivity index (χ4n) is 2.67.